The molecule has 0 aliphatic carbocycles. The van der Waals surface area contributed by atoms with Crippen molar-refractivity contribution in [2.75, 3.05) is 30.9 Å². The third-order valence-electron chi connectivity index (χ3n) is 2.82. The molecule has 0 fully saturated rings. The second-order valence-electron chi connectivity index (χ2n) is 4.55. The van der Waals surface area contributed by atoms with Crippen LogP contribution in [0.1, 0.15) is 22.8 Å². The van der Waals surface area contributed by atoms with Crippen LogP contribution in [-0.2, 0) is 0 Å². The number of nitrogens with one attached hydrogen (secondary N) is 2. The molecule has 0 aliphatic rings. The van der Waals surface area contributed by atoms with Crippen molar-refractivity contribution >= 4 is 23.4 Å². The van der Waals surface area contributed by atoms with Crippen LogP contribution in [0.2, 0.25) is 0 Å². The van der Waals surface area contributed by atoms with Gasteiger partial charge in [-0.2, -0.15) is 11.8 Å². The Morgan fingerprint density at radius 2 is 2.17 bits per heavy atom. The maximum atomic E-state index is 12.0. The van der Waals surface area contributed by atoms with Gasteiger partial charge in [-0.25, -0.2) is 0 Å². The summed E-state index contributed by atoms with van der Waals surface area (Å²) in [6, 6.07) is 5.78. The van der Waals surface area contributed by atoms with E-state index >= 15 is 0 Å². The number of rotatable bonds is 6. The summed E-state index contributed by atoms with van der Waals surface area (Å²) in [7, 11) is 1.87. The third-order valence-corrected chi connectivity index (χ3v) is 3.72. The highest BCUT2D eigenvalue weighted by Crippen LogP contribution is 2.14. The molecule has 0 radical (unpaired) electrons. The fraction of sp³-hybridized carbons (Fsp3) is 0.500. The molecule has 18 heavy (non-hydrogen) atoms. The molecule has 4 heteroatoms. The van der Waals surface area contributed by atoms with Gasteiger partial charge in [-0.05, 0) is 48.6 Å². The van der Waals surface area contributed by atoms with Gasteiger partial charge in [-0.1, -0.05) is 6.92 Å². The van der Waals surface area contributed by atoms with Gasteiger partial charge in [0.05, 0.1) is 0 Å². The van der Waals surface area contributed by atoms with Crippen molar-refractivity contribution in [3.05, 3.63) is 29.3 Å². The molecule has 0 aliphatic heterocycles. The predicted octanol–water partition coefficient (Wildman–Crippen LogP) is 2.77. The number of hydrogen-bond acceptors (Lipinski definition) is 3. The van der Waals surface area contributed by atoms with Crippen molar-refractivity contribution in [2.45, 2.75) is 13.8 Å². The molecule has 0 spiro atoms. The monoisotopic (exact) mass is 266 g/mol. The standard InChI is InChI=1S/C14H22N2OS/c1-10(9-18-4)8-16-14(17)13-6-5-12(15-3)7-11(13)2/h5-7,10,15H,8-9H2,1-4H3,(H,16,17). The summed E-state index contributed by atoms with van der Waals surface area (Å²) < 4.78 is 0. The lowest BCUT2D eigenvalue weighted by Crippen LogP contribution is -2.29. The summed E-state index contributed by atoms with van der Waals surface area (Å²) in [5.74, 6) is 1.58. The normalized spacial score (nSPS) is 12.0. The van der Waals surface area contributed by atoms with E-state index in [9.17, 15) is 4.79 Å². The molecule has 0 heterocycles. The van der Waals surface area contributed by atoms with Gasteiger partial charge in [0, 0.05) is 24.8 Å². The summed E-state index contributed by atoms with van der Waals surface area (Å²) in [4.78, 5) is 12.0. The number of carbonyl (C=O) groups is 1. The van der Waals surface area contributed by atoms with Crippen molar-refractivity contribution in [3.63, 3.8) is 0 Å². The molecule has 1 rings (SSSR count). The third kappa shape index (κ3) is 4.26. The molecule has 3 nitrogen and oxygen atoms in total. The number of thioether (sulfide) groups is 1. The highest BCUT2D eigenvalue weighted by molar-refractivity contribution is 7.98. The number of aryl methyl sites for hydroxylation is 1. The highest BCUT2D eigenvalue weighted by atomic mass is 32.2. The van der Waals surface area contributed by atoms with Crippen LogP contribution in [-0.4, -0.2) is 31.5 Å². The molecule has 100 valence electrons. The van der Waals surface area contributed by atoms with E-state index in [4.69, 9.17) is 0 Å². The molecule has 0 saturated heterocycles. The predicted molar refractivity (Wildman–Crippen MR) is 80.6 cm³/mol. The van der Waals surface area contributed by atoms with Crippen LogP contribution in [0.4, 0.5) is 5.69 Å². The molecule has 1 atom stereocenters. The molecule has 0 saturated carbocycles. The van der Waals surface area contributed by atoms with Crippen LogP contribution in [0.3, 0.4) is 0 Å². The molecule has 2 N–H and O–H groups in total. The zero-order valence-electron chi connectivity index (χ0n) is 11.5. The Balaban J connectivity index is 2.61. The Hall–Kier alpha value is -1.16. The maximum Gasteiger partial charge on any atom is 0.251 e. The molecule has 1 aromatic carbocycles. The highest BCUT2D eigenvalue weighted by Gasteiger charge is 2.10. The van der Waals surface area contributed by atoms with E-state index in [0.29, 0.717) is 5.92 Å². The number of anilines is 1. The molecule has 1 amide bonds. The van der Waals surface area contributed by atoms with E-state index in [0.717, 1.165) is 29.1 Å². The van der Waals surface area contributed by atoms with Crippen LogP contribution in [0.15, 0.2) is 18.2 Å². The van der Waals surface area contributed by atoms with Gasteiger partial charge < -0.3 is 10.6 Å². The molecular weight excluding hydrogens is 244 g/mol. The Labute approximate surface area is 114 Å². The first-order valence-corrected chi connectivity index (χ1v) is 7.53. The molecule has 1 unspecified atom stereocenters. The second kappa shape index (κ2) is 7.31. The van der Waals surface area contributed by atoms with Gasteiger partial charge in [-0.15, -0.1) is 0 Å². The van der Waals surface area contributed by atoms with E-state index in [2.05, 4.69) is 23.8 Å². The number of hydrogen-bond donors (Lipinski definition) is 2. The molecule has 0 bridgehead atoms. The van der Waals surface area contributed by atoms with E-state index in [1.807, 2.05) is 32.2 Å². The fourth-order valence-corrected chi connectivity index (χ4v) is 2.47. The summed E-state index contributed by atoms with van der Waals surface area (Å²) in [5.41, 5.74) is 2.78. The largest absolute Gasteiger partial charge is 0.388 e. The van der Waals surface area contributed by atoms with Gasteiger partial charge >= 0.3 is 0 Å². The Morgan fingerprint density at radius 3 is 2.72 bits per heavy atom. The average molecular weight is 266 g/mol. The van der Waals surface area contributed by atoms with Crippen LogP contribution < -0.4 is 10.6 Å². The van der Waals surface area contributed by atoms with Crippen molar-refractivity contribution in [2.24, 2.45) is 5.92 Å². The molecular formula is C14H22N2OS. The zero-order valence-corrected chi connectivity index (χ0v) is 12.4. The van der Waals surface area contributed by atoms with Crippen LogP contribution in [0, 0.1) is 12.8 Å². The lowest BCUT2D eigenvalue weighted by molar-refractivity contribution is 0.0948. The van der Waals surface area contributed by atoms with Crippen molar-refractivity contribution < 1.29 is 4.79 Å². The van der Waals surface area contributed by atoms with E-state index < -0.39 is 0 Å². The van der Waals surface area contributed by atoms with E-state index in [-0.39, 0.29) is 5.91 Å². The first-order chi connectivity index (χ1) is 8.58. The smallest absolute Gasteiger partial charge is 0.251 e. The lowest BCUT2D eigenvalue weighted by Gasteiger charge is -2.13. The minimum absolute atomic E-state index is 0.0168. The van der Waals surface area contributed by atoms with Gasteiger partial charge in [0.1, 0.15) is 0 Å². The number of benzene rings is 1. The van der Waals surface area contributed by atoms with Gasteiger partial charge in [0.25, 0.3) is 5.91 Å². The van der Waals surface area contributed by atoms with Crippen LogP contribution >= 0.6 is 11.8 Å². The Kier molecular flexibility index (Phi) is 6.05. The minimum atomic E-state index is 0.0168. The van der Waals surface area contributed by atoms with E-state index in [1.165, 1.54) is 0 Å². The van der Waals surface area contributed by atoms with Crippen molar-refractivity contribution in [3.8, 4) is 0 Å². The number of carbonyl (C=O) groups excluding carboxylic acids is 1. The topological polar surface area (TPSA) is 41.1 Å². The van der Waals surface area contributed by atoms with Gasteiger partial charge in [0.15, 0.2) is 0 Å². The average Bonchev–Trinajstić information content (AvgIpc) is 2.36. The lowest BCUT2D eigenvalue weighted by atomic mass is 10.1. The molecule has 1 aromatic rings. The molecule has 0 aromatic heterocycles. The summed E-state index contributed by atoms with van der Waals surface area (Å²) in [5, 5.41) is 6.06. The summed E-state index contributed by atoms with van der Waals surface area (Å²) in [6.45, 7) is 4.84. The zero-order chi connectivity index (χ0) is 13.5. The van der Waals surface area contributed by atoms with Crippen LogP contribution in [0.5, 0.6) is 0 Å². The SMILES string of the molecule is CNc1ccc(C(=O)NCC(C)CSC)c(C)c1. The minimum Gasteiger partial charge on any atom is -0.388 e. The van der Waals surface area contributed by atoms with Crippen molar-refractivity contribution in [1.29, 1.82) is 0 Å². The quantitative estimate of drug-likeness (QED) is 0.832. The van der Waals surface area contributed by atoms with Gasteiger partial charge in [0.2, 0.25) is 0 Å². The Bertz CT molecular complexity index is 407. The summed E-state index contributed by atoms with van der Waals surface area (Å²) >= 11 is 1.81. The van der Waals surface area contributed by atoms with Crippen LogP contribution in [0.25, 0.3) is 0 Å². The first-order valence-electron chi connectivity index (χ1n) is 6.14. The Morgan fingerprint density at radius 1 is 1.44 bits per heavy atom. The van der Waals surface area contributed by atoms with E-state index in [1.54, 1.807) is 11.8 Å². The number of amides is 1. The fourth-order valence-electron chi connectivity index (χ4n) is 1.78. The second-order valence-corrected chi connectivity index (χ2v) is 5.46. The maximum absolute atomic E-state index is 12.0. The summed E-state index contributed by atoms with van der Waals surface area (Å²) in [6.07, 6.45) is 2.08. The van der Waals surface area contributed by atoms with Gasteiger partial charge in [-0.3, -0.25) is 4.79 Å². The first kappa shape index (κ1) is 14.9. The van der Waals surface area contributed by atoms with Crippen molar-refractivity contribution in [1.82, 2.24) is 5.32 Å².